The lowest BCUT2D eigenvalue weighted by Crippen LogP contribution is -2.34. The van der Waals surface area contributed by atoms with Gasteiger partial charge in [0.25, 0.3) is 0 Å². The van der Waals surface area contributed by atoms with Crippen molar-refractivity contribution in [3.63, 3.8) is 0 Å². The summed E-state index contributed by atoms with van der Waals surface area (Å²) >= 11 is 0. The molecule has 0 fully saturated rings. The number of nitrogens with one attached hydrogen (secondary N) is 1. The van der Waals surface area contributed by atoms with Crippen molar-refractivity contribution in [2.75, 3.05) is 11.4 Å². The van der Waals surface area contributed by atoms with Crippen molar-refractivity contribution in [1.82, 2.24) is 10.3 Å². The monoisotopic (exact) mass is 295 g/mol. The van der Waals surface area contributed by atoms with E-state index in [4.69, 9.17) is 0 Å². The number of pyridine rings is 1. The van der Waals surface area contributed by atoms with Gasteiger partial charge in [-0.25, -0.2) is 0 Å². The van der Waals surface area contributed by atoms with Gasteiger partial charge >= 0.3 is 0 Å². The molecule has 2 heterocycles. The highest BCUT2D eigenvalue weighted by Gasteiger charge is 2.25. The number of amides is 1. The molecular weight excluding hydrogens is 274 g/mol. The Labute approximate surface area is 131 Å². The van der Waals surface area contributed by atoms with Gasteiger partial charge in [0.2, 0.25) is 5.91 Å². The van der Waals surface area contributed by atoms with E-state index in [1.807, 2.05) is 18.2 Å². The fraction of sp³-hybridized carbons (Fsp3) is 0.333. The predicted octanol–water partition coefficient (Wildman–Crippen LogP) is 2.54. The van der Waals surface area contributed by atoms with Gasteiger partial charge in [0.05, 0.1) is 12.2 Å². The van der Waals surface area contributed by atoms with Crippen LogP contribution in [0.3, 0.4) is 0 Å². The first-order chi connectivity index (χ1) is 10.7. The number of hydrogen-bond donors (Lipinski definition) is 1. The molecule has 1 unspecified atom stereocenters. The standard InChI is InChI=1S/C18H21N3O/c1-14-12-15-6-2-3-8-17(15)21(14)11-9-18(22)20-13-16-7-4-5-10-19-16/h2-8,10,14H,9,11-13H2,1H3,(H,20,22). The molecule has 4 heteroatoms. The molecule has 22 heavy (non-hydrogen) atoms. The van der Waals surface area contributed by atoms with Crippen LogP contribution in [0.2, 0.25) is 0 Å². The van der Waals surface area contributed by atoms with E-state index < -0.39 is 0 Å². The Hall–Kier alpha value is -2.36. The summed E-state index contributed by atoms with van der Waals surface area (Å²) in [4.78, 5) is 18.6. The Morgan fingerprint density at radius 3 is 2.91 bits per heavy atom. The Balaban J connectivity index is 1.51. The highest BCUT2D eigenvalue weighted by Crippen LogP contribution is 2.31. The molecule has 1 aromatic heterocycles. The van der Waals surface area contributed by atoms with Crippen molar-refractivity contribution in [3.05, 3.63) is 59.9 Å². The highest BCUT2D eigenvalue weighted by atomic mass is 16.1. The van der Waals surface area contributed by atoms with Crippen molar-refractivity contribution in [3.8, 4) is 0 Å². The molecule has 2 aromatic rings. The van der Waals surface area contributed by atoms with Gasteiger partial charge in [-0.15, -0.1) is 0 Å². The van der Waals surface area contributed by atoms with Gasteiger partial charge in [-0.3, -0.25) is 9.78 Å². The summed E-state index contributed by atoms with van der Waals surface area (Å²) < 4.78 is 0. The quantitative estimate of drug-likeness (QED) is 0.922. The summed E-state index contributed by atoms with van der Waals surface area (Å²) in [6, 6.07) is 14.6. The molecule has 1 aliphatic heterocycles. The van der Waals surface area contributed by atoms with Gasteiger partial charge in [-0.05, 0) is 37.1 Å². The molecule has 0 saturated carbocycles. The summed E-state index contributed by atoms with van der Waals surface area (Å²) in [5.41, 5.74) is 3.53. The normalized spacial score (nSPS) is 16.4. The molecule has 114 valence electrons. The lowest BCUT2D eigenvalue weighted by atomic mass is 10.1. The molecule has 1 aromatic carbocycles. The number of carbonyl (C=O) groups is 1. The SMILES string of the molecule is CC1Cc2ccccc2N1CCC(=O)NCc1ccccn1. The first-order valence-electron chi connectivity index (χ1n) is 7.75. The van der Waals surface area contributed by atoms with Crippen LogP contribution in [0.1, 0.15) is 24.6 Å². The lowest BCUT2D eigenvalue weighted by Gasteiger charge is -2.24. The highest BCUT2D eigenvalue weighted by molar-refractivity contribution is 5.76. The molecule has 0 aliphatic carbocycles. The maximum atomic E-state index is 12.0. The summed E-state index contributed by atoms with van der Waals surface area (Å²) in [5, 5.41) is 2.93. The van der Waals surface area contributed by atoms with Gasteiger partial charge in [0.1, 0.15) is 0 Å². The van der Waals surface area contributed by atoms with Crippen molar-refractivity contribution < 1.29 is 4.79 Å². The van der Waals surface area contributed by atoms with Crippen LogP contribution in [0, 0.1) is 0 Å². The first kappa shape index (κ1) is 14.6. The van der Waals surface area contributed by atoms with E-state index >= 15 is 0 Å². The third kappa shape index (κ3) is 3.27. The molecule has 4 nitrogen and oxygen atoms in total. The summed E-state index contributed by atoms with van der Waals surface area (Å²) in [6.07, 6.45) is 3.31. The van der Waals surface area contributed by atoms with Crippen LogP contribution >= 0.6 is 0 Å². The average Bonchev–Trinajstić information content (AvgIpc) is 2.87. The zero-order chi connectivity index (χ0) is 15.4. The maximum absolute atomic E-state index is 12.0. The minimum atomic E-state index is 0.0715. The largest absolute Gasteiger partial charge is 0.368 e. The van der Waals surface area contributed by atoms with Crippen LogP contribution < -0.4 is 10.2 Å². The van der Waals surface area contributed by atoms with Crippen LogP contribution in [0.5, 0.6) is 0 Å². The summed E-state index contributed by atoms with van der Waals surface area (Å²) in [5.74, 6) is 0.0715. The van der Waals surface area contributed by atoms with E-state index in [9.17, 15) is 4.79 Å². The minimum absolute atomic E-state index is 0.0715. The number of aromatic nitrogens is 1. The molecule has 0 saturated heterocycles. The van der Waals surface area contributed by atoms with Gasteiger partial charge in [0.15, 0.2) is 0 Å². The predicted molar refractivity (Wildman–Crippen MR) is 87.7 cm³/mol. The second-order valence-electron chi connectivity index (χ2n) is 5.72. The second-order valence-corrected chi connectivity index (χ2v) is 5.72. The number of benzene rings is 1. The zero-order valence-corrected chi connectivity index (χ0v) is 12.8. The fourth-order valence-electron chi connectivity index (χ4n) is 2.97. The molecule has 1 amide bonds. The van der Waals surface area contributed by atoms with E-state index in [0.29, 0.717) is 19.0 Å². The number of hydrogen-bond acceptors (Lipinski definition) is 3. The van der Waals surface area contributed by atoms with Crippen LogP contribution in [0.25, 0.3) is 0 Å². The molecule has 0 bridgehead atoms. The van der Waals surface area contributed by atoms with Gasteiger partial charge in [-0.1, -0.05) is 24.3 Å². The third-order valence-electron chi connectivity index (χ3n) is 4.12. The van der Waals surface area contributed by atoms with Crippen molar-refractivity contribution in [2.24, 2.45) is 0 Å². The van der Waals surface area contributed by atoms with E-state index in [1.165, 1.54) is 11.3 Å². The number of para-hydroxylation sites is 1. The van der Waals surface area contributed by atoms with Gasteiger partial charge < -0.3 is 10.2 Å². The molecule has 0 spiro atoms. The fourth-order valence-corrected chi connectivity index (χ4v) is 2.97. The van der Waals surface area contributed by atoms with Crippen molar-refractivity contribution in [2.45, 2.75) is 32.4 Å². The molecule has 1 aliphatic rings. The number of carbonyl (C=O) groups excluding carboxylic acids is 1. The Bertz CT molecular complexity index is 642. The van der Waals surface area contributed by atoms with E-state index in [0.717, 1.165) is 18.7 Å². The van der Waals surface area contributed by atoms with Crippen molar-refractivity contribution >= 4 is 11.6 Å². The smallest absolute Gasteiger partial charge is 0.222 e. The average molecular weight is 295 g/mol. The Morgan fingerprint density at radius 2 is 2.09 bits per heavy atom. The lowest BCUT2D eigenvalue weighted by molar-refractivity contribution is -0.121. The first-order valence-corrected chi connectivity index (χ1v) is 7.75. The van der Waals surface area contributed by atoms with E-state index in [1.54, 1.807) is 6.20 Å². The molecule has 0 radical (unpaired) electrons. The number of nitrogens with zero attached hydrogens (tertiary/aromatic N) is 2. The summed E-state index contributed by atoms with van der Waals surface area (Å²) in [7, 11) is 0. The Morgan fingerprint density at radius 1 is 1.27 bits per heavy atom. The van der Waals surface area contributed by atoms with Crippen LogP contribution in [0.15, 0.2) is 48.7 Å². The van der Waals surface area contributed by atoms with E-state index in [2.05, 4.69) is 46.4 Å². The second kappa shape index (κ2) is 6.60. The Kier molecular flexibility index (Phi) is 4.37. The summed E-state index contributed by atoms with van der Waals surface area (Å²) in [6.45, 7) is 3.46. The minimum Gasteiger partial charge on any atom is -0.368 e. The third-order valence-corrected chi connectivity index (χ3v) is 4.12. The maximum Gasteiger partial charge on any atom is 0.222 e. The molecule has 1 N–H and O–H groups in total. The molecule has 3 rings (SSSR count). The van der Waals surface area contributed by atoms with E-state index in [-0.39, 0.29) is 5.91 Å². The number of anilines is 1. The molecular formula is C18H21N3O. The van der Waals surface area contributed by atoms with Crippen LogP contribution in [-0.4, -0.2) is 23.5 Å². The number of fused-ring (bicyclic) bond motifs is 1. The molecule has 1 atom stereocenters. The van der Waals surface area contributed by atoms with Crippen LogP contribution in [-0.2, 0) is 17.8 Å². The topological polar surface area (TPSA) is 45.2 Å². The number of rotatable bonds is 5. The zero-order valence-electron chi connectivity index (χ0n) is 12.8. The van der Waals surface area contributed by atoms with Crippen LogP contribution in [0.4, 0.5) is 5.69 Å². The van der Waals surface area contributed by atoms with Gasteiger partial charge in [0, 0.05) is 30.9 Å². The van der Waals surface area contributed by atoms with Gasteiger partial charge in [-0.2, -0.15) is 0 Å². The van der Waals surface area contributed by atoms with Crippen molar-refractivity contribution in [1.29, 1.82) is 0 Å².